The molecule has 9 nitrogen and oxygen atoms in total. The molecule has 0 saturated carbocycles. The summed E-state index contributed by atoms with van der Waals surface area (Å²) in [6, 6.07) is 15.8. The van der Waals surface area contributed by atoms with Crippen molar-refractivity contribution in [3.05, 3.63) is 77.2 Å². The van der Waals surface area contributed by atoms with E-state index in [-0.39, 0.29) is 24.0 Å². The highest BCUT2D eigenvalue weighted by molar-refractivity contribution is 6.53. The van der Waals surface area contributed by atoms with Crippen LogP contribution in [0.25, 0.3) is 0 Å². The number of benzene rings is 2. The average molecular weight is 447 g/mol. The van der Waals surface area contributed by atoms with Gasteiger partial charge in [0.1, 0.15) is 12.4 Å². The van der Waals surface area contributed by atoms with E-state index in [4.69, 9.17) is 13.9 Å². The van der Waals surface area contributed by atoms with E-state index < -0.39 is 5.97 Å². The van der Waals surface area contributed by atoms with Gasteiger partial charge in [-0.2, -0.15) is 5.10 Å². The Morgan fingerprint density at radius 1 is 1.09 bits per heavy atom. The van der Waals surface area contributed by atoms with E-state index >= 15 is 0 Å². The molecular formula is C24H21N3O6. The van der Waals surface area contributed by atoms with Gasteiger partial charge in [-0.15, -0.1) is 5.10 Å². The van der Waals surface area contributed by atoms with Crippen LogP contribution < -0.4 is 14.8 Å². The van der Waals surface area contributed by atoms with Gasteiger partial charge in [0, 0.05) is 5.56 Å². The number of carbonyl (C=O) groups excluding carboxylic acids is 2. The summed E-state index contributed by atoms with van der Waals surface area (Å²) in [6.45, 7) is 2.40. The zero-order chi connectivity index (χ0) is 23.2. The van der Waals surface area contributed by atoms with E-state index in [2.05, 4.69) is 20.3 Å². The number of furan rings is 1. The number of hydrogen-bond donors (Lipinski definition) is 1. The Morgan fingerprint density at radius 3 is 2.76 bits per heavy atom. The van der Waals surface area contributed by atoms with Gasteiger partial charge >= 0.3 is 5.97 Å². The normalized spacial score (nSPS) is 13.8. The van der Waals surface area contributed by atoms with Gasteiger partial charge in [-0.25, -0.2) is 4.79 Å². The van der Waals surface area contributed by atoms with Crippen LogP contribution in [0.1, 0.15) is 34.4 Å². The van der Waals surface area contributed by atoms with Crippen LogP contribution in [0.2, 0.25) is 0 Å². The monoisotopic (exact) mass is 447 g/mol. The number of anilines is 1. The predicted molar refractivity (Wildman–Crippen MR) is 121 cm³/mol. The number of amides is 1. The van der Waals surface area contributed by atoms with Crippen LogP contribution in [0.3, 0.4) is 0 Å². The quantitative estimate of drug-likeness (QED) is 0.319. The molecule has 0 bridgehead atoms. The van der Waals surface area contributed by atoms with Crippen molar-refractivity contribution >= 4 is 29.5 Å². The van der Waals surface area contributed by atoms with Crippen LogP contribution in [0.15, 0.2) is 69.2 Å². The third kappa shape index (κ3) is 4.93. The molecule has 1 aliphatic heterocycles. The lowest BCUT2D eigenvalue weighted by Crippen LogP contribution is -2.13. The first-order valence-corrected chi connectivity index (χ1v) is 10.2. The Balaban J connectivity index is 1.47. The van der Waals surface area contributed by atoms with E-state index in [0.717, 1.165) is 0 Å². The van der Waals surface area contributed by atoms with Crippen molar-refractivity contribution in [2.75, 3.05) is 19.0 Å². The summed E-state index contributed by atoms with van der Waals surface area (Å²) in [6.07, 6.45) is 1.53. The zero-order valence-corrected chi connectivity index (χ0v) is 18.0. The van der Waals surface area contributed by atoms with Crippen molar-refractivity contribution in [3.8, 4) is 11.5 Å². The molecule has 4 rings (SSSR count). The molecule has 168 valence electrons. The molecule has 1 aromatic heterocycles. The number of methoxy groups -OCH3 is 1. The maximum Gasteiger partial charge on any atom is 0.373 e. The van der Waals surface area contributed by atoms with Crippen molar-refractivity contribution in [2.45, 2.75) is 13.5 Å². The summed E-state index contributed by atoms with van der Waals surface area (Å²) in [7, 11) is 1.29. The van der Waals surface area contributed by atoms with Crippen molar-refractivity contribution < 1.29 is 28.2 Å². The van der Waals surface area contributed by atoms with Gasteiger partial charge in [-0.1, -0.05) is 18.2 Å². The number of nitrogens with one attached hydrogen (secondary N) is 1. The van der Waals surface area contributed by atoms with Crippen LogP contribution in [-0.2, 0) is 16.1 Å². The fourth-order valence-corrected chi connectivity index (χ4v) is 3.16. The third-order valence-electron chi connectivity index (χ3n) is 4.70. The minimum atomic E-state index is -0.554. The largest absolute Gasteiger partial charge is 0.490 e. The van der Waals surface area contributed by atoms with E-state index in [1.807, 2.05) is 31.2 Å². The molecule has 33 heavy (non-hydrogen) atoms. The number of rotatable bonds is 8. The number of nitrogens with zero attached hydrogens (tertiary/aromatic N) is 2. The maximum absolute atomic E-state index is 12.1. The highest BCUT2D eigenvalue weighted by atomic mass is 16.5. The molecular weight excluding hydrogens is 426 g/mol. The molecule has 0 aliphatic carbocycles. The first-order chi connectivity index (χ1) is 16.1. The molecule has 1 N–H and O–H groups in total. The molecule has 1 aliphatic rings. The molecule has 9 heteroatoms. The molecule has 0 spiro atoms. The second-order valence-electron chi connectivity index (χ2n) is 6.88. The van der Waals surface area contributed by atoms with E-state index in [1.165, 1.54) is 19.4 Å². The first-order valence-electron chi connectivity index (χ1n) is 10.2. The Bertz CT molecular complexity index is 1240. The van der Waals surface area contributed by atoms with Crippen molar-refractivity contribution in [1.82, 2.24) is 0 Å². The van der Waals surface area contributed by atoms with Crippen LogP contribution in [-0.4, -0.2) is 37.5 Å². The molecule has 3 aromatic rings. The molecule has 0 fully saturated rings. The summed E-state index contributed by atoms with van der Waals surface area (Å²) in [5.41, 5.74) is 2.41. The number of esters is 1. The van der Waals surface area contributed by atoms with Gasteiger partial charge in [0.25, 0.3) is 5.91 Å². The van der Waals surface area contributed by atoms with Gasteiger partial charge in [0.15, 0.2) is 17.2 Å². The smallest absolute Gasteiger partial charge is 0.373 e. The summed E-state index contributed by atoms with van der Waals surface area (Å²) in [5.74, 6) is 0.739. The second-order valence-corrected chi connectivity index (χ2v) is 6.88. The molecule has 1 amide bonds. The van der Waals surface area contributed by atoms with Gasteiger partial charge in [0.2, 0.25) is 5.76 Å². The van der Waals surface area contributed by atoms with Crippen LogP contribution >= 0.6 is 0 Å². The van der Waals surface area contributed by atoms with Crippen LogP contribution in [0.5, 0.6) is 11.5 Å². The number of para-hydroxylation sites is 1. The predicted octanol–water partition coefficient (Wildman–Crippen LogP) is 3.82. The van der Waals surface area contributed by atoms with Gasteiger partial charge < -0.3 is 23.9 Å². The molecule has 0 unspecified atom stereocenters. The fourth-order valence-electron chi connectivity index (χ4n) is 3.16. The lowest BCUT2D eigenvalue weighted by molar-refractivity contribution is -0.110. The third-order valence-corrected chi connectivity index (χ3v) is 4.70. The lowest BCUT2D eigenvalue weighted by atomic mass is 10.1. The number of fused-ring (bicyclic) bond motifs is 1. The first kappa shape index (κ1) is 21.8. The van der Waals surface area contributed by atoms with Gasteiger partial charge in [-0.05, 0) is 48.9 Å². The van der Waals surface area contributed by atoms with Crippen LogP contribution in [0.4, 0.5) is 5.69 Å². The number of hydrogen-bond acceptors (Lipinski definition) is 8. The van der Waals surface area contributed by atoms with Gasteiger partial charge in [-0.3, -0.25) is 4.79 Å². The number of ether oxygens (including phenoxy) is 3. The average Bonchev–Trinajstić information content (AvgIpc) is 3.42. The zero-order valence-electron chi connectivity index (χ0n) is 18.0. The Hall–Kier alpha value is -4.40. The minimum Gasteiger partial charge on any atom is -0.490 e. The van der Waals surface area contributed by atoms with Crippen molar-refractivity contribution in [2.24, 2.45) is 10.2 Å². The molecule has 0 saturated heterocycles. The Morgan fingerprint density at radius 2 is 1.94 bits per heavy atom. The highest BCUT2D eigenvalue weighted by Gasteiger charge is 2.25. The Kier molecular flexibility index (Phi) is 6.49. The van der Waals surface area contributed by atoms with Gasteiger partial charge in [0.05, 0.1) is 25.6 Å². The van der Waals surface area contributed by atoms with Crippen molar-refractivity contribution in [3.63, 3.8) is 0 Å². The molecule has 2 heterocycles. The summed E-state index contributed by atoms with van der Waals surface area (Å²) in [5, 5.41) is 10.9. The molecule has 0 radical (unpaired) electrons. The van der Waals surface area contributed by atoms with Crippen LogP contribution in [0, 0.1) is 0 Å². The second kappa shape index (κ2) is 9.82. The number of carbonyl (C=O) groups is 2. The van der Waals surface area contributed by atoms with E-state index in [9.17, 15) is 9.59 Å². The summed E-state index contributed by atoms with van der Waals surface area (Å²) in [4.78, 5) is 23.6. The standard InChI is InChI=1S/C24H21N3O6/c1-3-31-21-12-15(13-25-27-22-17-6-4-5-7-18(17)26-23(22)28)8-10-19(21)32-14-16-9-11-20(33-16)24(29)30-2/h4-13H,3,14H2,1-2H3,(H,26,27,28)/b25-13+. The lowest BCUT2D eigenvalue weighted by Gasteiger charge is -2.11. The minimum absolute atomic E-state index is 0.104. The van der Waals surface area contributed by atoms with E-state index in [1.54, 1.807) is 24.3 Å². The molecule has 2 aromatic carbocycles. The SMILES string of the molecule is CCOc1cc(/C=N/N=C2/C(=O)Nc3ccccc32)ccc1OCc1ccc(C(=O)OC)o1. The topological polar surface area (TPSA) is 112 Å². The highest BCUT2D eigenvalue weighted by Crippen LogP contribution is 2.29. The molecule has 0 atom stereocenters. The summed E-state index contributed by atoms with van der Waals surface area (Å²) < 4.78 is 21.5. The summed E-state index contributed by atoms with van der Waals surface area (Å²) >= 11 is 0. The van der Waals surface area contributed by atoms with E-state index in [0.29, 0.717) is 40.7 Å². The van der Waals surface area contributed by atoms with Crippen molar-refractivity contribution in [1.29, 1.82) is 0 Å². The maximum atomic E-state index is 12.1. The fraction of sp³-hybridized carbons (Fsp3) is 0.167. The Labute approximate surface area is 189 Å².